The van der Waals surface area contributed by atoms with Crippen LogP contribution in [0.15, 0.2) is 69.9 Å². The Labute approximate surface area is 202 Å². The van der Waals surface area contributed by atoms with E-state index in [4.69, 9.17) is 13.9 Å². The number of hydrogen-bond donors (Lipinski definition) is 0. The maximum atomic E-state index is 13.7. The first-order valence-corrected chi connectivity index (χ1v) is 11.5. The summed E-state index contributed by atoms with van der Waals surface area (Å²) in [5, 5.41) is 0.807. The summed E-state index contributed by atoms with van der Waals surface area (Å²) in [7, 11) is 2.97. The molecule has 7 heteroatoms. The number of esters is 1. The first-order chi connectivity index (χ1) is 17.0. The van der Waals surface area contributed by atoms with E-state index in [0.29, 0.717) is 48.6 Å². The van der Waals surface area contributed by atoms with Gasteiger partial charge in [-0.25, -0.2) is 0 Å². The Balaban J connectivity index is 1.63. The van der Waals surface area contributed by atoms with Crippen LogP contribution in [0.4, 0.5) is 0 Å². The molecule has 0 spiro atoms. The van der Waals surface area contributed by atoms with E-state index in [2.05, 4.69) is 0 Å². The molecule has 3 aliphatic rings. The van der Waals surface area contributed by atoms with E-state index in [9.17, 15) is 14.4 Å². The number of amides is 1. The SMILES string of the molecule is COC(=O)C1CCN(C(=O)c2ccccc2-c2c3ccc(=O)cc-3oc3cc(OC)ccc23)CC1. The van der Waals surface area contributed by atoms with Gasteiger partial charge in [0.2, 0.25) is 0 Å². The molecule has 0 saturated carbocycles. The Morgan fingerprint density at radius 3 is 2.46 bits per heavy atom. The third-order valence-electron chi connectivity index (χ3n) is 6.64. The predicted molar refractivity (Wildman–Crippen MR) is 132 cm³/mol. The van der Waals surface area contributed by atoms with Crippen molar-refractivity contribution in [3.05, 3.63) is 76.5 Å². The number of fused-ring (bicyclic) bond motifs is 2. The van der Waals surface area contributed by atoms with Gasteiger partial charge in [0.05, 0.1) is 20.1 Å². The van der Waals surface area contributed by atoms with Crippen LogP contribution in [0.5, 0.6) is 5.75 Å². The summed E-state index contributed by atoms with van der Waals surface area (Å²) in [6.07, 6.45) is 1.14. The number of nitrogens with zero attached hydrogens (tertiary/aromatic N) is 1. The number of piperidine rings is 1. The van der Waals surface area contributed by atoms with Crippen molar-refractivity contribution in [1.82, 2.24) is 4.90 Å². The molecule has 5 rings (SSSR count). The van der Waals surface area contributed by atoms with E-state index in [-0.39, 0.29) is 23.2 Å². The van der Waals surface area contributed by atoms with Crippen molar-refractivity contribution >= 4 is 22.8 Å². The lowest BCUT2D eigenvalue weighted by molar-refractivity contribution is -0.146. The van der Waals surface area contributed by atoms with Crippen LogP contribution in [-0.2, 0) is 9.53 Å². The van der Waals surface area contributed by atoms with Crippen molar-refractivity contribution in [3.63, 3.8) is 0 Å². The number of carbonyl (C=O) groups is 2. The normalized spacial score (nSPS) is 14.3. The van der Waals surface area contributed by atoms with Gasteiger partial charge in [0.25, 0.3) is 5.91 Å². The molecule has 0 N–H and O–H groups in total. The van der Waals surface area contributed by atoms with Gasteiger partial charge in [-0.2, -0.15) is 0 Å². The zero-order valence-electron chi connectivity index (χ0n) is 19.6. The molecule has 0 aromatic heterocycles. The lowest BCUT2D eigenvalue weighted by Gasteiger charge is -2.31. The fourth-order valence-electron chi connectivity index (χ4n) is 4.81. The van der Waals surface area contributed by atoms with Crippen LogP contribution in [-0.4, -0.2) is 44.1 Å². The first-order valence-electron chi connectivity index (χ1n) is 11.5. The molecule has 2 aromatic rings. The fourth-order valence-corrected chi connectivity index (χ4v) is 4.81. The Morgan fingerprint density at radius 2 is 1.71 bits per heavy atom. The van der Waals surface area contributed by atoms with Crippen molar-refractivity contribution in [1.29, 1.82) is 0 Å². The molecule has 1 fully saturated rings. The molecule has 0 unspecified atom stereocenters. The molecule has 0 radical (unpaired) electrons. The molecule has 2 heterocycles. The second-order valence-electron chi connectivity index (χ2n) is 8.63. The van der Waals surface area contributed by atoms with Gasteiger partial charge in [-0.05, 0) is 48.7 Å². The number of hydrogen-bond acceptors (Lipinski definition) is 6. The van der Waals surface area contributed by atoms with Crippen LogP contribution in [0.2, 0.25) is 0 Å². The van der Waals surface area contributed by atoms with Gasteiger partial charge in [-0.3, -0.25) is 14.4 Å². The van der Waals surface area contributed by atoms with Crippen LogP contribution >= 0.6 is 0 Å². The van der Waals surface area contributed by atoms with E-state index in [0.717, 1.165) is 22.1 Å². The first kappa shape index (κ1) is 22.7. The Morgan fingerprint density at radius 1 is 0.943 bits per heavy atom. The maximum absolute atomic E-state index is 13.7. The van der Waals surface area contributed by atoms with Crippen molar-refractivity contribution in [2.45, 2.75) is 12.8 Å². The Kier molecular flexibility index (Phi) is 5.99. The second-order valence-corrected chi connectivity index (χ2v) is 8.63. The van der Waals surface area contributed by atoms with Gasteiger partial charge in [0.15, 0.2) is 5.43 Å². The van der Waals surface area contributed by atoms with E-state index in [1.165, 1.54) is 19.2 Å². The van der Waals surface area contributed by atoms with Crippen molar-refractivity contribution in [3.8, 4) is 28.2 Å². The molecule has 1 aliphatic carbocycles. The Hall–Kier alpha value is -4.13. The fraction of sp³-hybridized carbons (Fsp3) is 0.250. The van der Waals surface area contributed by atoms with E-state index in [1.807, 2.05) is 36.4 Å². The zero-order valence-corrected chi connectivity index (χ0v) is 19.6. The average Bonchev–Trinajstić information content (AvgIpc) is 2.90. The van der Waals surface area contributed by atoms with Crippen LogP contribution in [0.3, 0.4) is 0 Å². The summed E-state index contributed by atoms with van der Waals surface area (Å²) >= 11 is 0. The molecule has 2 aliphatic heterocycles. The lowest BCUT2D eigenvalue weighted by atomic mass is 9.90. The van der Waals surface area contributed by atoms with E-state index < -0.39 is 0 Å². The number of ether oxygens (including phenoxy) is 2. The highest BCUT2D eigenvalue weighted by molar-refractivity contribution is 6.09. The van der Waals surface area contributed by atoms with Gasteiger partial charge in [-0.15, -0.1) is 0 Å². The molecular formula is C28H25NO6. The van der Waals surface area contributed by atoms with Gasteiger partial charge < -0.3 is 18.8 Å². The van der Waals surface area contributed by atoms with E-state index in [1.54, 1.807) is 24.1 Å². The third-order valence-corrected chi connectivity index (χ3v) is 6.64. The number of likely N-dealkylation sites (tertiary alicyclic amines) is 1. The summed E-state index contributed by atoms with van der Waals surface area (Å²) in [5.41, 5.74) is 3.26. The molecule has 35 heavy (non-hydrogen) atoms. The van der Waals surface area contributed by atoms with Gasteiger partial charge in [0.1, 0.15) is 17.1 Å². The molecule has 178 valence electrons. The predicted octanol–water partition coefficient (Wildman–Crippen LogP) is 4.60. The summed E-state index contributed by atoms with van der Waals surface area (Å²) < 4.78 is 16.3. The number of carbonyl (C=O) groups excluding carboxylic acids is 2. The minimum atomic E-state index is -0.225. The highest BCUT2D eigenvalue weighted by Gasteiger charge is 2.30. The smallest absolute Gasteiger partial charge is 0.308 e. The minimum absolute atomic E-state index is 0.0973. The second kappa shape index (κ2) is 9.25. The third kappa shape index (κ3) is 4.14. The molecular weight excluding hydrogens is 446 g/mol. The van der Waals surface area contributed by atoms with Crippen molar-refractivity contribution in [2.24, 2.45) is 5.92 Å². The summed E-state index contributed by atoms with van der Waals surface area (Å²) in [6.45, 7) is 0.963. The molecule has 1 saturated heterocycles. The zero-order chi connectivity index (χ0) is 24.5. The van der Waals surface area contributed by atoms with E-state index >= 15 is 0 Å². The van der Waals surface area contributed by atoms with Crippen LogP contribution in [0, 0.1) is 5.92 Å². The molecule has 2 aromatic carbocycles. The van der Waals surface area contributed by atoms with Crippen molar-refractivity contribution in [2.75, 3.05) is 27.3 Å². The minimum Gasteiger partial charge on any atom is -0.497 e. The van der Waals surface area contributed by atoms with Gasteiger partial charge in [-0.1, -0.05) is 18.2 Å². The van der Waals surface area contributed by atoms with Gasteiger partial charge in [0, 0.05) is 47.3 Å². The summed E-state index contributed by atoms with van der Waals surface area (Å²) in [6, 6.07) is 17.7. The van der Waals surface area contributed by atoms with Crippen LogP contribution in [0.25, 0.3) is 33.4 Å². The molecule has 7 nitrogen and oxygen atoms in total. The van der Waals surface area contributed by atoms with Gasteiger partial charge >= 0.3 is 5.97 Å². The summed E-state index contributed by atoms with van der Waals surface area (Å²) in [4.78, 5) is 39.5. The standard InChI is InChI=1S/C28H25NO6/c1-33-19-8-10-23-25(16-19)35-24-15-18(30)7-9-22(24)26(23)20-5-3-4-6-21(20)27(31)29-13-11-17(12-14-29)28(32)34-2/h3-10,15-17H,11-14H2,1-2H3. The maximum Gasteiger partial charge on any atom is 0.308 e. The van der Waals surface area contributed by atoms with Crippen LogP contribution < -0.4 is 10.2 Å². The quantitative estimate of drug-likeness (QED) is 0.319. The number of benzene rings is 3. The van der Waals surface area contributed by atoms with Crippen LogP contribution in [0.1, 0.15) is 23.2 Å². The Bertz CT molecular complexity index is 1450. The molecule has 1 amide bonds. The highest BCUT2D eigenvalue weighted by atomic mass is 16.5. The number of rotatable bonds is 4. The lowest BCUT2D eigenvalue weighted by Crippen LogP contribution is -2.40. The topological polar surface area (TPSA) is 86.0 Å². The largest absolute Gasteiger partial charge is 0.497 e. The average molecular weight is 472 g/mol. The summed E-state index contributed by atoms with van der Waals surface area (Å²) in [5.74, 6) is 0.563. The molecule has 0 bridgehead atoms. The van der Waals surface area contributed by atoms with Crippen molar-refractivity contribution < 1.29 is 23.5 Å². The number of methoxy groups -OCH3 is 2. The highest BCUT2D eigenvalue weighted by Crippen LogP contribution is 2.42. The molecule has 0 atom stereocenters. The monoisotopic (exact) mass is 471 g/mol.